The van der Waals surface area contributed by atoms with E-state index in [1.54, 1.807) is 0 Å². The monoisotopic (exact) mass is 382 g/mol. The van der Waals surface area contributed by atoms with Gasteiger partial charge in [0.15, 0.2) is 0 Å². The van der Waals surface area contributed by atoms with Gasteiger partial charge in [-0.25, -0.2) is 4.79 Å². The summed E-state index contributed by atoms with van der Waals surface area (Å²) in [7, 11) is 1.34. The molecule has 3 fully saturated rings. The minimum Gasteiger partial charge on any atom is -0.466 e. The summed E-state index contributed by atoms with van der Waals surface area (Å²) in [5.74, 6) is -0.215. The number of methoxy groups -OCH3 is 1. The van der Waals surface area contributed by atoms with Crippen LogP contribution in [-0.2, 0) is 14.3 Å². The van der Waals surface area contributed by atoms with Crippen molar-refractivity contribution in [2.24, 2.45) is 22.7 Å². The van der Waals surface area contributed by atoms with E-state index in [2.05, 4.69) is 20.8 Å². The molecule has 3 rings (SSSR count). The van der Waals surface area contributed by atoms with Crippen molar-refractivity contribution < 1.29 is 29.6 Å². The molecule has 0 aromatic heterocycles. The molecular weight excluding hydrogens is 348 g/mol. The normalized spacial score (nSPS) is 43.3. The van der Waals surface area contributed by atoms with Crippen LogP contribution in [0.25, 0.3) is 0 Å². The summed E-state index contributed by atoms with van der Waals surface area (Å²) >= 11 is 0. The summed E-state index contributed by atoms with van der Waals surface area (Å²) in [5, 5.41) is 30.8. The van der Waals surface area contributed by atoms with E-state index in [9.17, 15) is 20.1 Å². The third-order valence-electron chi connectivity index (χ3n) is 7.82. The van der Waals surface area contributed by atoms with E-state index in [4.69, 9.17) is 9.47 Å². The maximum atomic E-state index is 12.0. The summed E-state index contributed by atoms with van der Waals surface area (Å²) < 4.78 is 10.7. The van der Waals surface area contributed by atoms with Gasteiger partial charge in [0.1, 0.15) is 5.60 Å². The molecule has 6 heteroatoms. The van der Waals surface area contributed by atoms with E-state index in [1.165, 1.54) is 7.11 Å². The van der Waals surface area contributed by atoms with Crippen molar-refractivity contribution in [3.63, 3.8) is 0 Å². The Hall–Kier alpha value is -0.950. The number of rotatable bonds is 5. The molecule has 0 amide bonds. The minimum atomic E-state index is -0.571. The lowest BCUT2D eigenvalue weighted by Gasteiger charge is -2.61. The Labute approximate surface area is 161 Å². The fourth-order valence-electron chi connectivity index (χ4n) is 6.02. The van der Waals surface area contributed by atoms with Gasteiger partial charge in [-0.1, -0.05) is 26.8 Å². The zero-order chi connectivity index (χ0) is 20.0. The number of hydrogen-bond acceptors (Lipinski definition) is 6. The van der Waals surface area contributed by atoms with Gasteiger partial charge in [0.25, 0.3) is 0 Å². The van der Waals surface area contributed by atoms with Crippen molar-refractivity contribution in [1.29, 1.82) is 0 Å². The zero-order valence-corrected chi connectivity index (χ0v) is 16.9. The molecular formula is C21H34O6. The third-order valence-corrected chi connectivity index (χ3v) is 7.82. The van der Waals surface area contributed by atoms with Crippen LogP contribution in [0.15, 0.2) is 11.6 Å². The Bertz CT molecular complexity index is 608. The molecule has 0 radical (unpaired) electrons. The lowest BCUT2D eigenvalue weighted by molar-refractivity contribution is -0.184. The highest BCUT2D eigenvalue weighted by Gasteiger charge is 2.69. The smallest absolute Gasteiger partial charge is 0.333 e. The van der Waals surface area contributed by atoms with Crippen molar-refractivity contribution >= 4 is 5.97 Å². The van der Waals surface area contributed by atoms with Gasteiger partial charge in [-0.3, -0.25) is 0 Å². The Morgan fingerprint density at radius 1 is 1.26 bits per heavy atom. The molecule has 1 saturated heterocycles. The SMILES string of the molecule is COC(=O)/C(=C/C[C@@H]1[C@@]2(C)CC[C@H](O)C(C)(C)[C@@H]2C[C@H](O)[C@@]12CO2)CCO. The highest BCUT2D eigenvalue weighted by Crippen LogP contribution is 2.66. The van der Waals surface area contributed by atoms with Crippen LogP contribution < -0.4 is 0 Å². The molecule has 3 aliphatic rings. The van der Waals surface area contributed by atoms with Crippen molar-refractivity contribution in [1.82, 2.24) is 0 Å². The number of epoxide rings is 1. The molecule has 6 atom stereocenters. The van der Waals surface area contributed by atoms with Gasteiger partial charge in [-0.15, -0.1) is 0 Å². The maximum absolute atomic E-state index is 12.0. The second-order valence-corrected chi connectivity index (χ2v) is 9.41. The van der Waals surface area contributed by atoms with Crippen molar-refractivity contribution in [2.75, 3.05) is 20.3 Å². The molecule has 0 bridgehead atoms. The van der Waals surface area contributed by atoms with Gasteiger partial charge < -0.3 is 24.8 Å². The predicted octanol–water partition coefficient (Wildman–Crippen LogP) is 1.81. The number of esters is 1. The molecule has 27 heavy (non-hydrogen) atoms. The lowest BCUT2D eigenvalue weighted by Crippen LogP contribution is -2.62. The predicted molar refractivity (Wildman–Crippen MR) is 99.8 cm³/mol. The molecule has 6 nitrogen and oxygen atoms in total. The fraction of sp³-hybridized carbons (Fsp3) is 0.857. The standard InChI is InChI=1S/C21H34O6/c1-19(2)15-11-17(24)21(12-27-21)14(20(15,3)9-7-16(19)23)6-5-13(8-10-22)18(25)26-4/h5,14-17,22-24H,6-12H2,1-4H3/b13-5+/t14-,15+,16+,17+,20-,21-/m1/s1. The van der Waals surface area contributed by atoms with Gasteiger partial charge in [-0.05, 0) is 42.4 Å². The average Bonchev–Trinajstić information content (AvgIpc) is 3.41. The molecule has 2 saturated carbocycles. The first-order valence-electron chi connectivity index (χ1n) is 10.0. The Balaban J connectivity index is 1.94. The molecule has 2 aliphatic carbocycles. The fourth-order valence-corrected chi connectivity index (χ4v) is 6.02. The van der Waals surface area contributed by atoms with Crippen molar-refractivity contribution in [2.45, 2.75) is 70.7 Å². The lowest BCUT2D eigenvalue weighted by atomic mass is 9.44. The molecule has 3 N–H and O–H groups in total. The highest BCUT2D eigenvalue weighted by molar-refractivity contribution is 5.88. The van der Waals surface area contributed by atoms with E-state index >= 15 is 0 Å². The van der Waals surface area contributed by atoms with E-state index in [0.29, 0.717) is 25.0 Å². The number of allylic oxidation sites excluding steroid dienone is 1. The molecule has 1 spiro atoms. The zero-order valence-electron chi connectivity index (χ0n) is 16.9. The molecule has 154 valence electrons. The summed E-state index contributed by atoms with van der Waals surface area (Å²) in [6, 6.07) is 0. The summed E-state index contributed by atoms with van der Waals surface area (Å²) in [6.45, 7) is 6.86. The number of ether oxygens (including phenoxy) is 2. The number of aliphatic hydroxyl groups excluding tert-OH is 3. The molecule has 1 aliphatic heterocycles. The number of hydrogen-bond donors (Lipinski definition) is 3. The molecule has 0 aromatic rings. The van der Waals surface area contributed by atoms with Gasteiger partial charge in [0, 0.05) is 24.5 Å². The van der Waals surface area contributed by atoms with Gasteiger partial charge in [-0.2, -0.15) is 0 Å². The Morgan fingerprint density at radius 2 is 1.93 bits per heavy atom. The van der Waals surface area contributed by atoms with Crippen LogP contribution in [0.2, 0.25) is 0 Å². The summed E-state index contributed by atoms with van der Waals surface area (Å²) in [4.78, 5) is 12.0. The molecule has 0 unspecified atom stereocenters. The summed E-state index contributed by atoms with van der Waals surface area (Å²) in [6.07, 6.45) is 3.96. The largest absolute Gasteiger partial charge is 0.466 e. The van der Waals surface area contributed by atoms with Crippen LogP contribution in [-0.4, -0.2) is 59.4 Å². The first-order valence-corrected chi connectivity index (χ1v) is 10.0. The number of carbonyl (C=O) groups excluding carboxylic acids is 1. The summed E-state index contributed by atoms with van der Waals surface area (Å²) in [5.41, 5.74) is -0.482. The average molecular weight is 382 g/mol. The van der Waals surface area contributed by atoms with Crippen LogP contribution in [0.3, 0.4) is 0 Å². The van der Waals surface area contributed by atoms with Crippen LogP contribution in [0, 0.1) is 22.7 Å². The van der Waals surface area contributed by atoms with Crippen LogP contribution in [0.5, 0.6) is 0 Å². The number of aliphatic hydroxyl groups is 3. The highest BCUT2D eigenvalue weighted by atomic mass is 16.6. The van der Waals surface area contributed by atoms with E-state index in [0.717, 1.165) is 12.8 Å². The van der Waals surface area contributed by atoms with Crippen LogP contribution in [0.1, 0.15) is 52.9 Å². The topological polar surface area (TPSA) is 99.5 Å². The van der Waals surface area contributed by atoms with Crippen molar-refractivity contribution in [3.8, 4) is 0 Å². The van der Waals surface area contributed by atoms with E-state index in [1.807, 2.05) is 6.08 Å². The van der Waals surface area contributed by atoms with Crippen LogP contribution >= 0.6 is 0 Å². The quantitative estimate of drug-likeness (QED) is 0.381. The first-order chi connectivity index (χ1) is 12.6. The van der Waals surface area contributed by atoms with Crippen molar-refractivity contribution in [3.05, 3.63) is 11.6 Å². The third kappa shape index (κ3) is 3.24. The minimum absolute atomic E-state index is 0.0453. The Kier molecular flexibility index (Phi) is 5.49. The number of fused-ring (bicyclic) bond motifs is 1. The van der Waals surface area contributed by atoms with E-state index in [-0.39, 0.29) is 41.8 Å². The van der Waals surface area contributed by atoms with Crippen LogP contribution in [0.4, 0.5) is 0 Å². The second-order valence-electron chi connectivity index (χ2n) is 9.41. The van der Waals surface area contributed by atoms with E-state index < -0.39 is 17.7 Å². The van der Waals surface area contributed by atoms with Gasteiger partial charge in [0.2, 0.25) is 0 Å². The molecule has 0 aromatic carbocycles. The Morgan fingerprint density at radius 3 is 2.48 bits per heavy atom. The second kappa shape index (κ2) is 7.14. The van der Waals surface area contributed by atoms with Gasteiger partial charge >= 0.3 is 5.97 Å². The molecule has 1 heterocycles. The maximum Gasteiger partial charge on any atom is 0.333 e. The van der Waals surface area contributed by atoms with Gasteiger partial charge in [0.05, 0.1) is 25.9 Å². The first kappa shape index (κ1) is 20.8. The number of carbonyl (C=O) groups is 1.